The van der Waals surface area contributed by atoms with Gasteiger partial charge in [0.1, 0.15) is 6.10 Å². The Balaban J connectivity index is 1.86. The minimum Gasteiger partial charge on any atom is -0.473 e. The maximum atomic E-state index is 6.22. The third-order valence-electron chi connectivity index (χ3n) is 5.69. The van der Waals surface area contributed by atoms with Crippen molar-refractivity contribution in [3.05, 3.63) is 22.8 Å². The molecule has 0 aliphatic heterocycles. The van der Waals surface area contributed by atoms with Gasteiger partial charge in [0.2, 0.25) is 5.88 Å². The highest BCUT2D eigenvalue weighted by Crippen LogP contribution is 2.66. The molecule has 1 aromatic heterocycles. The van der Waals surface area contributed by atoms with Gasteiger partial charge in [-0.1, -0.05) is 20.8 Å². The lowest BCUT2D eigenvalue weighted by Gasteiger charge is -2.38. The van der Waals surface area contributed by atoms with E-state index in [0.717, 1.165) is 16.3 Å². The average Bonchev–Trinajstić information content (AvgIpc) is 2.65. The Bertz CT molecular complexity index is 473. The Morgan fingerprint density at radius 2 is 2.17 bits per heavy atom. The molecule has 2 nitrogen and oxygen atoms in total. The first-order valence-corrected chi connectivity index (χ1v) is 7.51. The van der Waals surface area contributed by atoms with Crippen molar-refractivity contribution in [3.63, 3.8) is 0 Å². The van der Waals surface area contributed by atoms with Gasteiger partial charge in [-0.3, -0.25) is 0 Å². The van der Waals surface area contributed by atoms with Crippen LogP contribution in [0.25, 0.3) is 0 Å². The molecule has 3 unspecified atom stereocenters. The maximum Gasteiger partial charge on any atom is 0.228 e. The summed E-state index contributed by atoms with van der Waals surface area (Å²) in [7, 11) is 0. The van der Waals surface area contributed by atoms with Gasteiger partial charge in [0.25, 0.3) is 0 Å². The monoisotopic (exact) mass is 309 g/mol. The number of fused-ring (bicyclic) bond motifs is 2. The first-order chi connectivity index (χ1) is 8.45. The molecule has 0 aromatic carbocycles. The Kier molecular flexibility index (Phi) is 2.74. The Labute approximate surface area is 117 Å². The van der Waals surface area contributed by atoms with E-state index in [1.165, 1.54) is 19.3 Å². The van der Waals surface area contributed by atoms with Crippen molar-refractivity contribution in [1.82, 2.24) is 4.98 Å². The van der Waals surface area contributed by atoms with Gasteiger partial charge in [-0.25, -0.2) is 4.98 Å². The summed E-state index contributed by atoms with van der Waals surface area (Å²) in [6.07, 6.45) is 5.90. The molecule has 0 radical (unpaired) electrons. The van der Waals surface area contributed by atoms with Gasteiger partial charge in [-0.05, 0) is 58.7 Å². The number of hydrogen-bond acceptors (Lipinski definition) is 2. The normalized spacial score (nSPS) is 36.9. The third kappa shape index (κ3) is 1.56. The molecule has 0 N–H and O–H groups in total. The van der Waals surface area contributed by atoms with E-state index in [1.807, 2.05) is 12.1 Å². The van der Waals surface area contributed by atoms with E-state index in [9.17, 15) is 0 Å². The van der Waals surface area contributed by atoms with E-state index in [-0.39, 0.29) is 5.41 Å². The van der Waals surface area contributed by atoms with Crippen LogP contribution in [0.4, 0.5) is 0 Å². The van der Waals surface area contributed by atoms with Crippen molar-refractivity contribution in [3.8, 4) is 5.88 Å². The van der Waals surface area contributed by atoms with Gasteiger partial charge in [0.05, 0.1) is 4.47 Å². The first kappa shape index (κ1) is 12.5. The molecule has 0 amide bonds. The predicted molar refractivity (Wildman–Crippen MR) is 75.6 cm³/mol. The van der Waals surface area contributed by atoms with Crippen LogP contribution >= 0.6 is 15.9 Å². The quantitative estimate of drug-likeness (QED) is 0.806. The fourth-order valence-corrected chi connectivity index (χ4v) is 4.25. The lowest BCUT2D eigenvalue weighted by molar-refractivity contribution is 0.0268. The maximum absolute atomic E-state index is 6.22. The SMILES string of the molecule is CC1(C)C2CCC1(C)C(Oc1ncccc1Br)C2. The molecule has 3 rings (SSSR count). The molecule has 1 heterocycles. The molecule has 2 bridgehead atoms. The summed E-state index contributed by atoms with van der Waals surface area (Å²) < 4.78 is 7.17. The van der Waals surface area contributed by atoms with Gasteiger partial charge < -0.3 is 4.74 Å². The van der Waals surface area contributed by atoms with Crippen LogP contribution in [0.2, 0.25) is 0 Å². The number of rotatable bonds is 2. The molecule has 2 aliphatic rings. The van der Waals surface area contributed by atoms with Crippen molar-refractivity contribution in [1.29, 1.82) is 0 Å². The van der Waals surface area contributed by atoms with Crippen LogP contribution in [-0.2, 0) is 0 Å². The zero-order valence-electron chi connectivity index (χ0n) is 11.2. The zero-order chi connectivity index (χ0) is 13.0. The van der Waals surface area contributed by atoms with Crippen LogP contribution in [-0.4, -0.2) is 11.1 Å². The van der Waals surface area contributed by atoms with Gasteiger partial charge in [0, 0.05) is 11.6 Å². The minimum atomic E-state index is 0.286. The summed E-state index contributed by atoms with van der Waals surface area (Å²) in [6.45, 7) is 7.20. The van der Waals surface area contributed by atoms with E-state index in [2.05, 4.69) is 41.7 Å². The molecule has 3 heteroatoms. The first-order valence-electron chi connectivity index (χ1n) is 6.72. The second-order valence-electron chi connectivity index (χ2n) is 6.51. The summed E-state index contributed by atoms with van der Waals surface area (Å²) >= 11 is 3.52. The third-order valence-corrected chi connectivity index (χ3v) is 6.30. The van der Waals surface area contributed by atoms with Crippen molar-refractivity contribution in [2.45, 2.75) is 46.1 Å². The van der Waals surface area contributed by atoms with Crippen LogP contribution in [0.15, 0.2) is 22.8 Å². The van der Waals surface area contributed by atoms with Crippen molar-refractivity contribution in [2.75, 3.05) is 0 Å². The number of halogens is 1. The molecule has 0 saturated heterocycles. The molecular formula is C15H20BrNO. The van der Waals surface area contributed by atoms with Crippen LogP contribution in [0.5, 0.6) is 5.88 Å². The Hall–Kier alpha value is -0.570. The molecule has 18 heavy (non-hydrogen) atoms. The predicted octanol–water partition coefficient (Wildman–Crippen LogP) is 4.44. The molecule has 2 fully saturated rings. The molecule has 2 saturated carbocycles. The average molecular weight is 310 g/mol. The summed E-state index contributed by atoms with van der Waals surface area (Å²) in [5.74, 6) is 1.54. The van der Waals surface area contributed by atoms with Crippen LogP contribution < -0.4 is 4.74 Å². The van der Waals surface area contributed by atoms with Gasteiger partial charge in [0.15, 0.2) is 0 Å². The van der Waals surface area contributed by atoms with E-state index >= 15 is 0 Å². The van der Waals surface area contributed by atoms with Crippen molar-refractivity contribution in [2.24, 2.45) is 16.7 Å². The standard InChI is InChI=1S/C15H20BrNO/c1-14(2)10-6-7-15(14,3)12(9-10)18-13-11(16)5-4-8-17-13/h4-5,8,10,12H,6-7,9H2,1-3H3. The number of ether oxygens (including phenoxy) is 1. The minimum absolute atomic E-state index is 0.286. The van der Waals surface area contributed by atoms with E-state index < -0.39 is 0 Å². The smallest absolute Gasteiger partial charge is 0.228 e. The summed E-state index contributed by atoms with van der Waals surface area (Å²) in [5.41, 5.74) is 0.674. The zero-order valence-corrected chi connectivity index (χ0v) is 12.8. The highest BCUT2D eigenvalue weighted by Gasteiger charge is 2.62. The summed E-state index contributed by atoms with van der Waals surface area (Å²) in [5, 5.41) is 0. The number of hydrogen-bond donors (Lipinski definition) is 0. The van der Waals surface area contributed by atoms with E-state index in [1.54, 1.807) is 6.20 Å². The topological polar surface area (TPSA) is 22.1 Å². The van der Waals surface area contributed by atoms with Gasteiger partial charge >= 0.3 is 0 Å². The molecule has 2 aliphatic carbocycles. The fraction of sp³-hybridized carbons (Fsp3) is 0.667. The second kappa shape index (κ2) is 3.96. The number of nitrogens with zero attached hydrogens (tertiary/aromatic N) is 1. The van der Waals surface area contributed by atoms with Crippen LogP contribution in [0.1, 0.15) is 40.0 Å². The summed E-state index contributed by atoms with van der Waals surface area (Å²) in [6, 6.07) is 3.91. The lowest BCUT2D eigenvalue weighted by Crippen LogP contribution is -2.39. The molecular weight excluding hydrogens is 290 g/mol. The van der Waals surface area contributed by atoms with Crippen LogP contribution in [0.3, 0.4) is 0 Å². The molecule has 0 spiro atoms. The fourth-order valence-electron chi connectivity index (χ4n) is 3.90. The molecule has 1 aromatic rings. The van der Waals surface area contributed by atoms with E-state index in [4.69, 9.17) is 4.74 Å². The van der Waals surface area contributed by atoms with Crippen LogP contribution in [0, 0.1) is 16.7 Å². The van der Waals surface area contributed by atoms with Crippen molar-refractivity contribution >= 4 is 15.9 Å². The molecule has 98 valence electrons. The Morgan fingerprint density at radius 3 is 2.72 bits per heavy atom. The van der Waals surface area contributed by atoms with Gasteiger partial charge in [-0.15, -0.1) is 0 Å². The lowest BCUT2D eigenvalue weighted by atomic mass is 9.70. The highest BCUT2D eigenvalue weighted by molar-refractivity contribution is 9.10. The van der Waals surface area contributed by atoms with Gasteiger partial charge in [-0.2, -0.15) is 0 Å². The van der Waals surface area contributed by atoms with E-state index in [0.29, 0.717) is 11.5 Å². The number of pyridine rings is 1. The Morgan fingerprint density at radius 1 is 1.39 bits per heavy atom. The largest absolute Gasteiger partial charge is 0.473 e. The highest BCUT2D eigenvalue weighted by atomic mass is 79.9. The second-order valence-corrected chi connectivity index (χ2v) is 7.36. The number of aromatic nitrogens is 1. The van der Waals surface area contributed by atoms with Crippen molar-refractivity contribution < 1.29 is 4.74 Å². The molecule has 3 atom stereocenters. The summed E-state index contributed by atoms with van der Waals surface area (Å²) in [4.78, 5) is 4.34.